The Labute approximate surface area is 182 Å². The lowest BCUT2D eigenvalue weighted by atomic mass is 10.1. The maximum Gasteiger partial charge on any atom is 0.246 e. The zero-order chi connectivity index (χ0) is 22.1. The zero-order valence-electron chi connectivity index (χ0n) is 17.2. The van der Waals surface area contributed by atoms with Gasteiger partial charge in [-0.05, 0) is 31.2 Å². The molecule has 9 heteroatoms. The Balaban J connectivity index is 1.32. The summed E-state index contributed by atoms with van der Waals surface area (Å²) in [7, 11) is 0. The van der Waals surface area contributed by atoms with Crippen molar-refractivity contribution in [3.63, 3.8) is 0 Å². The SMILES string of the molecule is Cc1nn(CC(=O)Nc2cnn(Cc3ccccc3F)c2)c2nccc(-c3ccco3)c12. The van der Waals surface area contributed by atoms with E-state index in [4.69, 9.17) is 4.42 Å². The van der Waals surface area contributed by atoms with Crippen molar-refractivity contribution in [2.75, 3.05) is 5.32 Å². The number of pyridine rings is 1. The number of nitrogens with zero attached hydrogens (tertiary/aromatic N) is 5. The van der Waals surface area contributed by atoms with Gasteiger partial charge in [0.1, 0.15) is 18.1 Å². The Morgan fingerprint density at radius 3 is 2.88 bits per heavy atom. The van der Waals surface area contributed by atoms with Crippen LogP contribution in [0.1, 0.15) is 11.3 Å². The molecule has 5 rings (SSSR count). The summed E-state index contributed by atoms with van der Waals surface area (Å²) in [6.07, 6.45) is 6.46. The third-order valence-corrected chi connectivity index (χ3v) is 5.10. The molecule has 5 aromatic rings. The number of aromatic nitrogens is 5. The quantitative estimate of drug-likeness (QED) is 0.439. The van der Waals surface area contributed by atoms with Crippen LogP contribution in [-0.2, 0) is 17.9 Å². The van der Waals surface area contributed by atoms with Crippen LogP contribution in [0, 0.1) is 12.7 Å². The van der Waals surface area contributed by atoms with Crippen LogP contribution in [0.15, 0.2) is 71.7 Å². The van der Waals surface area contributed by atoms with Gasteiger partial charge in [-0.1, -0.05) is 18.2 Å². The summed E-state index contributed by atoms with van der Waals surface area (Å²) in [4.78, 5) is 17.1. The highest BCUT2D eigenvalue weighted by Crippen LogP contribution is 2.30. The summed E-state index contributed by atoms with van der Waals surface area (Å²) in [6.45, 7) is 2.13. The number of hydrogen-bond acceptors (Lipinski definition) is 5. The van der Waals surface area contributed by atoms with Gasteiger partial charge in [0, 0.05) is 23.5 Å². The summed E-state index contributed by atoms with van der Waals surface area (Å²) < 4.78 is 22.5. The van der Waals surface area contributed by atoms with Gasteiger partial charge < -0.3 is 9.73 Å². The molecule has 0 radical (unpaired) electrons. The van der Waals surface area contributed by atoms with E-state index >= 15 is 0 Å². The largest absolute Gasteiger partial charge is 0.464 e. The minimum absolute atomic E-state index is 0.0164. The van der Waals surface area contributed by atoms with Gasteiger partial charge in [-0.25, -0.2) is 14.1 Å². The van der Waals surface area contributed by atoms with Crippen molar-refractivity contribution in [3.05, 3.63) is 84.4 Å². The van der Waals surface area contributed by atoms with Crippen molar-refractivity contribution >= 4 is 22.6 Å². The second-order valence-corrected chi connectivity index (χ2v) is 7.34. The lowest BCUT2D eigenvalue weighted by Crippen LogP contribution is -2.19. The monoisotopic (exact) mass is 430 g/mol. The molecular formula is C23H19FN6O2. The van der Waals surface area contributed by atoms with E-state index in [9.17, 15) is 9.18 Å². The van der Waals surface area contributed by atoms with E-state index in [0.29, 0.717) is 22.7 Å². The van der Waals surface area contributed by atoms with Gasteiger partial charge in [0.15, 0.2) is 5.65 Å². The van der Waals surface area contributed by atoms with E-state index in [1.165, 1.54) is 12.3 Å². The minimum Gasteiger partial charge on any atom is -0.464 e. The number of hydrogen-bond donors (Lipinski definition) is 1. The molecule has 0 saturated heterocycles. The van der Waals surface area contributed by atoms with Gasteiger partial charge in [0.2, 0.25) is 5.91 Å². The van der Waals surface area contributed by atoms with Gasteiger partial charge >= 0.3 is 0 Å². The molecular weight excluding hydrogens is 411 g/mol. The number of nitrogens with one attached hydrogen (secondary N) is 1. The molecule has 0 aliphatic heterocycles. The molecule has 0 aliphatic rings. The molecule has 0 atom stereocenters. The Morgan fingerprint density at radius 2 is 2.06 bits per heavy atom. The number of anilines is 1. The molecule has 4 heterocycles. The van der Waals surface area contributed by atoms with E-state index in [1.54, 1.807) is 46.2 Å². The predicted octanol–water partition coefficient (Wildman–Crippen LogP) is 4.02. The lowest BCUT2D eigenvalue weighted by molar-refractivity contribution is -0.116. The molecule has 1 N–H and O–H groups in total. The van der Waals surface area contributed by atoms with Crippen LogP contribution in [-0.4, -0.2) is 30.5 Å². The van der Waals surface area contributed by atoms with E-state index in [-0.39, 0.29) is 24.8 Å². The zero-order valence-corrected chi connectivity index (χ0v) is 17.2. The summed E-state index contributed by atoms with van der Waals surface area (Å²) in [5.74, 6) is 0.146. The molecule has 0 fully saturated rings. The third kappa shape index (κ3) is 3.76. The number of carbonyl (C=O) groups is 1. The number of halogens is 1. The van der Waals surface area contributed by atoms with Crippen LogP contribution in [0.4, 0.5) is 10.1 Å². The molecule has 0 saturated carbocycles. The molecule has 160 valence electrons. The van der Waals surface area contributed by atoms with Crippen molar-refractivity contribution in [1.29, 1.82) is 0 Å². The minimum atomic E-state index is -0.295. The second kappa shape index (κ2) is 8.10. The van der Waals surface area contributed by atoms with Crippen LogP contribution < -0.4 is 5.32 Å². The molecule has 0 aliphatic carbocycles. The van der Waals surface area contributed by atoms with Crippen LogP contribution in [0.3, 0.4) is 0 Å². The Kier molecular flexibility index (Phi) is 4.98. The van der Waals surface area contributed by atoms with Crippen LogP contribution in [0.5, 0.6) is 0 Å². The first-order valence-corrected chi connectivity index (χ1v) is 10.00. The third-order valence-electron chi connectivity index (χ3n) is 5.10. The first kappa shape index (κ1) is 19.7. The van der Waals surface area contributed by atoms with E-state index in [1.807, 2.05) is 25.1 Å². The molecule has 4 aromatic heterocycles. The molecule has 0 bridgehead atoms. The van der Waals surface area contributed by atoms with Crippen molar-refractivity contribution in [2.24, 2.45) is 0 Å². The summed E-state index contributed by atoms with van der Waals surface area (Å²) in [6, 6.07) is 12.1. The number of fused-ring (bicyclic) bond motifs is 1. The number of aryl methyl sites for hydroxylation is 1. The molecule has 0 unspecified atom stereocenters. The summed E-state index contributed by atoms with van der Waals surface area (Å²) in [5.41, 5.74) is 3.26. The van der Waals surface area contributed by atoms with Gasteiger partial charge in [-0.15, -0.1) is 0 Å². The van der Waals surface area contributed by atoms with Gasteiger partial charge in [0.05, 0.1) is 35.8 Å². The van der Waals surface area contributed by atoms with Gasteiger partial charge in [0.25, 0.3) is 0 Å². The second-order valence-electron chi connectivity index (χ2n) is 7.34. The van der Waals surface area contributed by atoms with E-state index < -0.39 is 0 Å². The summed E-state index contributed by atoms with van der Waals surface area (Å²) >= 11 is 0. The van der Waals surface area contributed by atoms with Crippen LogP contribution >= 0.6 is 0 Å². The lowest BCUT2D eigenvalue weighted by Gasteiger charge is -2.05. The fraction of sp³-hybridized carbons (Fsp3) is 0.130. The van der Waals surface area contributed by atoms with Crippen molar-refractivity contribution in [3.8, 4) is 11.3 Å². The molecule has 0 spiro atoms. The Morgan fingerprint density at radius 1 is 1.19 bits per heavy atom. The van der Waals surface area contributed by atoms with Gasteiger partial charge in [-0.3, -0.25) is 9.48 Å². The van der Waals surface area contributed by atoms with Crippen LogP contribution in [0.2, 0.25) is 0 Å². The molecule has 32 heavy (non-hydrogen) atoms. The molecule has 1 amide bonds. The van der Waals surface area contributed by atoms with E-state index in [0.717, 1.165) is 16.6 Å². The topological polar surface area (TPSA) is 90.8 Å². The number of benzene rings is 1. The van der Waals surface area contributed by atoms with Crippen molar-refractivity contribution in [1.82, 2.24) is 24.5 Å². The van der Waals surface area contributed by atoms with Crippen molar-refractivity contribution in [2.45, 2.75) is 20.0 Å². The highest BCUT2D eigenvalue weighted by Gasteiger charge is 2.17. The number of carbonyl (C=O) groups excluding carboxylic acids is 1. The fourth-order valence-electron chi connectivity index (χ4n) is 3.68. The first-order chi connectivity index (χ1) is 15.6. The highest BCUT2D eigenvalue weighted by atomic mass is 19.1. The molecule has 1 aromatic carbocycles. The average Bonchev–Trinajstić information content (AvgIpc) is 3.52. The number of amides is 1. The fourth-order valence-corrected chi connectivity index (χ4v) is 3.68. The maximum atomic E-state index is 13.9. The smallest absolute Gasteiger partial charge is 0.246 e. The number of furan rings is 1. The van der Waals surface area contributed by atoms with Gasteiger partial charge in [-0.2, -0.15) is 10.2 Å². The standard InChI is InChI=1S/C23H19FN6O2/c1-15-22-18(20-7-4-10-32-20)8-9-25-23(22)30(28-15)14-21(31)27-17-11-26-29(13-17)12-16-5-2-3-6-19(16)24/h2-11,13H,12,14H2,1H3,(H,27,31). The highest BCUT2D eigenvalue weighted by molar-refractivity contribution is 5.95. The molecule has 8 nitrogen and oxygen atoms in total. The Bertz CT molecular complexity index is 1400. The average molecular weight is 430 g/mol. The van der Waals surface area contributed by atoms with Crippen LogP contribution in [0.25, 0.3) is 22.4 Å². The normalized spacial score (nSPS) is 11.2. The first-order valence-electron chi connectivity index (χ1n) is 10.00. The maximum absolute atomic E-state index is 13.9. The number of rotatable bonds is 6. The Hall–Kier alpha value is -4.27. The summed E-state index contributed by atoms with van der Waals surface area (Å²) in [5, 5.41) is 12.3. The predicted molar refractivity (Wildman–Crippen MR) is 116 cm³/mol. The van der Waals surface area contributed by atoms with Crippen molar-refractivity contribution < 1.29 is 13.6 Å². The van der Waals surface area contributed by atoms with E-state index in [2.05, 4.69) is 20.5 Å².